The van der Waals surface area contributed by atoms with Crippen LogP contribution in [0, 0.1) is 27.7 Å². The highest BCUT2D eigenvalue weighted by atomic mass is 16.4. The van der Waals surface area contributed by atoms with Gasteiger partial charge in [-0.2, -0.15) is 0 Å². The lowest BCUT2D eigenvalue weighted by Crippen LogP contribution is -2.26. The van der Waals surface area contributed by atoms with Crippen molar-refractivity contribution in [2.45, 2.75) is 80.1 Å². The van der Waals surface area contributed by atoms with Crippen molar-refractivity contribution in [2.75, 3.05) is 6.54 Å². The molecule has 1 aliphatic heterocycles. The molecule has 1 aliphatic rings. The van der Waals surface area contributed by atoms with Crippen LogP contribution in [0.1, 0.15) is 94.0 Å². The SMILES string of the molecule is CCc1c2[nH]c(c1C)C(C(=O)CN)=c1[nH]c(c(C)c1CC)=Cc1[nH]c(c(CCC(=O)O)c1C)C=c1[nH]c(c(C)c1CCC(=O)O)=C2. The Kier molecular flexibility index (Phi) is 9.12. The van der Waals surface area contributed by atoms with Crippen LogP contribution < -0.4 is 27.1 Å². The number of carbonyl (C=O) groups is 3. The van der Waals surface area contributed by atoms with E-state index in [2.05, 4.69) is 33.8 Å². The van der Waals surface area contributed by atoms with Crippen LogP contribution in [0.2, 0.25) is 0 Å². The monoisotopic (exact) mass is 625 g/mol. The number of hydrogen-bond donors (Lipinski definition) is 7. The third-order valence-corrected chi connectivity index (χ3v) is 9.45. The molecule has 10 heteroatoms. The maximum absolute atomic E-state index is 13.7. The number of aromatic nitrogens is 4. The Bertz CT molecular complexity index is 2130. The van der Waals surface area contributed by atoms with Gasteiger partial charge in [-0.1, -0.05) is 13.8 Å². The van der Waals surface area contributed by atoms with Crippen LogP contribution in [-0.4, -0.2) is 54.4 Å². The van der Waals surface area contributed by atoms with Crippen molar-refractivity contribution in [1.29, 1.82) is 0 Å². The number of carboxylic acid groups (broad SMARTS) is 2. The van der Waals surface area contributed by atoms with Crippen LogP contribution in [0.5, 0.6) is 0 Å². The van der Waals surface area contributed by atoms with E-state index < -0.39 is 11.9 Å². The zero-order chi connectivity index (χ0) is 33.4. The standard InChI is InChI=1S/C36H43N5O5/c1-7-21-20(6)35-34(31(42)16-37)36-22(8-2)17(3)27(40-36)13-25-18(4)23(9-11-32(43)44)29(38-25)15-30-24(10-12-33(45)46)19(5)26(39-30)14-28(21)41-35/h13-15,38-41H,7-12,16,37H2,1-6H3,(H,43,44)(H,45,46). The van der Waals surface area contributed by atoms with Crippen molar-refractivity contribution in [3.8, 4) is 0 Å². The summed E-state index contributed by atoms with van der Waals surface area (Å²) in [5.41, 5.74) is 17.4. The smallest absolute Gasteiger partial charge is 0.303 e. The lowest BCUT2D eigenvalue weighted by molar-refractivity contribution is -0.138. The molecule has 0 aliphatic carbocycles. The molecule has 10 nitrogen and oxygen atoms in total. The van der Waals surface area contributed by atoms with Gasteiger partial charge in [0.15, 0.2) is 5.78 Å². The second kappa shape index (κ2) is 12.9. The van der Waals surface area contributed by atoms with Crippen LogP contribution in [0.4, 0.5) is 0 Å². The Morgan fingerprint density at radius 3 is 1.78 bits per heavy atom. The molecule has 4 aromatic heterocycles. The number of aliphatic carboxylic acids is 2. The number of carbonyl (C=O) groups excluding carboxylic acids is 1. The van der Waals surface area contributed by atoms with E-state index in [9.17, 15) is 24.6 Å². The number of nitrogens with one attached hydrogen (secondary N) is 4. The van der Waals surface area contributed by atoms with Gasteiger partial charge in [0.2, 0.25) is 0 Å². The Hall–Kier alpha value is -4.83. The van der Waals surface area contributed by atoms with E-state index in [4.69, 9.17) is 5.73 Å². The number of fused-ring (bicyclic) bond motifs is 8. The maximum Gasteiger partial charge on any atom is 0.303 e. The van der Waals surface area contributed by atoms with Crippen molar-refractivity contribution >= 4 is 41.5 Å². The average molecular weight is 626 g/mol. The Morgan fingerprint density at radius 2 is 1.17 bits per heavy atom. The van der Waals surface area contributed by atoms with E-state index in [0.717, 1.165) is 95.1 Å². The van der Waals surface area contributed by atoms with E-state index in [0.29, 0.717) is 24.8 Å². The Morgan fingerprint density at radius 1 is 0.630 bits per heavy atom. The molecule has 4 aromatic rings. The highest BCUT2D eigenvalue weighted by Crippen LogP contribution is 2.26. The van der Waals surface area contributed by atoms with Gasteiger partial charge in [-0.05, 0) is 116 Å². The first-order valence-corrected chi connectivity index (χ1v) is 15.8. The molecule has 0 spiro atoms. The highest BCUT2D eigenvalue weighted by Gasteiger charge is 2.23. The van der Waals surface area contributed by atoms with Gasteiger partial charge in [-0.25, -0.2) is 0 Å². The molecule has 0 saturated carbocycles. The fraction of sp³-hybridized carbons (Fsp3) is 0.361. The number of Topliss-reactive ketones (excluding diaryl/α,β-unsaturated/α-hetero) is 1. The second-order valence-electron chi connectivity index (χ2n) is 12.1. The lowest BCUT2D eigenvalue weighted by Gasteiger charge is -2.07. The van der Waals surface area contributed by atoms with Gasteiger partial charge in [0.1, 0.15) is 0 Å². The number of carboxylic acids is 2. The first-order chi connectivity index (χ1) is 21.9. The number of nitrogens with two attached hydrogens (primary N) is 1. The molecule has 0 atom stereocenters. The molecule has 8 bridgehead atoms. The zero-order valence-corrected chi connectivity index (χ0v) is 27.4. The number of hydrogen-bond acceptors (Lipinski definition) is 4. The number of H-pyrrole nitrogens is 4. The molecular weight excluding hydrogens is 582 g/mol. The Labute approximate surface area is 266 Å². The molecule has 0 saturated heterocycles. The fourth-order valence-electron chi connectivity index (χ4n) is 6.88. The van der Waals surface area contributed by atoms with Gasteiger partial charge in [-0.15, -0.1) is 0 Å². The van der Waals surface area contributed by atoms with Crippen LogP contribution in [0.25, 0.3) is 23.8 Å². The fourth-order valence-corrected chi connectivity index (χ4v) is 6.88. The Balaban J connectivity index is 1.99. The molecule has 0 aromatic carbocycles. The minimum Gasteiger partial charge on any atom is -0.481 e. The summed E-state index contributed by atoms with van der Waals surface area (Å²) in [5.74, 6) is -1.95. The summed E-state index contributed by atoms with van der Waals surface area (Å²) in [6, 6.07) is 0. The third-order valence-electron chi connectivity index (χ3n) is 9.45. The molecule has 0 radical (unpaired) electrons. The minimum atomic E-state index is -0.887. The molecule has 0 amide bonds. The predicted molar refractivity (Wildman–Crippen MR) is 179 cm³/mol. The van der Waals surface area contributed by atoms with E-state index >= 15 is 0 Å². The third kappa shape index (κ3) is 5.80. The first kappa shape index (κ1) is 32.6. The molecule has 0 fully saturated rings. The van der Waals surface area contributed by atoms with Gasteiger partial charge in [0.25, 0.3) is 0 Å². The number of rotatable bonds is 10. The lowest BCUT2D eigenvalue weighted by atomic mass is 9.98. The van der Waals surface area contributed by atoms with Crippen molar-refractivity contribution in [3.05, 3.63) is 88.7 Å². The summed E-state index contributed by atoms with van der Waals surface area (Å²) >= 11 is 0. The second-order valence-corrected chi connectivity index (χ2v) is 12.1. The van der Waals surface area contributed by atoms with Gasteiger partial charge in [-0.3, -0.25) is 14.4 Å². The first-order valence-electron chi connectivity index (χ1n) is 15.8. The van der Waals surface area contributed by atoms with Crippen LogP contribution in [0.15, 0.2) is 0 Å². The summed E-state index contributed by atoms with van der Waals surface area (Å²) in [7, 11) is 0. The summed E-state index contributed by atoms with van der Waals surface area (Å²) in [6.45, 7) is 12.0. The quantitative estimate of drug-likeness (QED) is 0.141. The van der Waals surface area contributed by atoms with Gasteiger partial charge in [0.05, 0.1) is 23.2 Å². The molecule has 46 heavy (non-hydrogen) atoms. The average Bonchev–Trinajstić information content (AvgIpc) is 3.68. The van der Waals surface area contributed by atoms with E-state index in [1.54, 1.807) is 0 Å². The van der Waals surface area contributed by atoms with E-state index in [1.807, 2.05) is 45.9 Å². The highest BCUT2D eigenvalue weighted by molar-refractivity contribution is 6.21. The normalized spacial score (nSPS) is 12.5. The molecule has 242 valence electrons. The molecule has 5 heterocycles. The maximum atomic E-state index is 13.7. The van der Waals surface area contributed by atoms with E-state index in [-0.39, 0.29) is 25.2 Å². The van der Waals surface area contributed by atoms with Crippen molar-refractivity contribution < 1.29 is 24.6 Å². The van der Waals surface area contributed by atoms with Crippen molar-refractivity contribution in [2.24, 2.45) is 5.73 Å². The number of aromatic amines is 4. The molecular formula is C36H43N5O5. The van der Waals surface area contributed by atoms with Crippen LogP contribution >= 0.6 is 0 Å². The van der Waals surface area contributed by atoms with Crippen LogP contribution in [-0.2, 0) is 40.1 Å². The van der Waals surface area contributed by atoms with Gasteiger partial charge in [0, 0.05) is 46.0 Å². The summed E-state index contributed by atoms with van der Waals surface area (Å²) in [6.07, 6.45) is 8.01. The predicted octanol–water partition coefficient (Wildman–Crippen LogP) is 1.92. The van der Waals surface area contributed by atoms with Crippen LogP contribution in [0.3, 0.4) is 0 Å². The minimum absolute atomic E-state index is 0.0346. The van der Waals surface area contributed by atoms with Crippen molar-refractivity contribution in [1.82, 2.24) is 19.9 Å². The van der Waals surface area contributed by atoms with E-state index in [1.165, 1.54) is 0 Å². The summed E-state index contributed by atoms with van der Waals surface area (Å²) in [4.78, 5) is 51.1. The van der Waals surface area contributed by atoms with Crippen molar-refractivity contribution in [3.63, 3.8) is 0 Å². The summed E-state index contributed by atoms with van der Waals surface area (Å²) < 4.78 is 0. The number of ketones is 1. The van der Waals surface area contributed by atoms with Gasteiger partial charge < -0.3 is 35.9 Å². The largest absolute Gasteiger partial charge is 0.481 e. The topological polar surface area (TPSA) is 181 Å². The molecule has 5 rings (SSSR count). The molecule has 0 unspecified atom stereocenters. The van der Waals surface area contributed by atoms with Gasteiger partial charge >= 0.3 is 11.9 Å². The summed E-state index contributed by atoms with van der Waals surface area (Å²) in [5, 5.41) is 22.2. The zero-order valence-electron chi connectivity index (χ0n) is 27.4. The molecule has 8 N–H and O–H groups in total.